The van der Waals surface area contributed by atoms with Crippen LogP contribution in [0.3, 0.4) is 0 Å². The lowest BCUT2D eigenvalue weighted by Gasteiger charge is -2.20. The van der Waals surface area contributed by atoms with Gasteiger partial charge >= 0.3 is 0 Å². The molecule has 5 nitrogen and oxygen atoms in total. The number of para-hydroxylation sites is 2. The molecule has 164 valence electrons. The van der Waals surface area contributed by atoms with Crippen LogP contribution in [0.5, 0.6) is 0 Å². The lowest BCUT2D eigenvalue weighted by molar-refractivity contribution is 0.508. The molecule has 1 aromatic heterocycles. The smallest absolute Gasteiger partial charge is 0.160 e. The summed E-state index contributed by atoms with van der Waals surface area (Å²) in [5.74, 6) is -1.79. The van der Waals surface area contributed by atoms with Gasteiger partial charge in [0.25, 0.3) is 0 Å². The predicted octanol–water partition coefficient (Wildman–Crippen LogP) is 5.86. The van der Waals surface area contributed by atoms with E-state index >= 15 is 0 Å². The Morgan fingerprint density at radius 1 is 0.939 bits per heavy atom. The van der Waals surface area contributed by atoms with E-state index in [-0.39, 0.29) is 6.04 Å². The van der Waals surface area contributed by atoms with E-state index in [1.54, 1.807) is 18.5 Å². The molecule has 0 saturated heterocycles. The lowest BCUT2D eigenvalue weighted by Crippen LogP contribution is -2.16. The highest BCUT2D eigenvalue weighted by Crippen LogP contribution is 2.30. The maximum Gasteiger partial charge on any atom is 0.160 e. The monoisotopic (exact) mass is 441 g/mol. The van der Waals surface area contributed by atoms with E-state index in [4.69, 9.17) is 9.98 Å². The Morgan fingerprint density at radius 2 is 1.79 bits per heavy atom. The number of rotatable bonds is 4. The molecule has 0 saturated carbocycles. The van der Waals surface area contributed by atoms with Gasteiger partial charge in [0, 0.05) is 24.0 Å². The number of aromatic nitrogens is 3. The number of nitrogens with one attached hydrogen (secondary N) is 1. The first-order chi connectivity index (χ1) is 16.0. The van der Waals surface area contributed by atoms with Crippen LogP contribution >= 0.6 is 0 Å². The molecule has 33 heavy (non-hydrogen) atoms. The van der Waals surface area contributed by atoms with Gasteiger partial charge in [-0.1, -0.05) is 12.1 Å². The fourth-order valence-electron chi connectivity index (χ4n) is 3.82. The molecule has 1 aliphatic heterocycles. The van der Waals surface area contributed by atoms with Crippen molar-refractivity contribution in [1.82, 2.24) is 14.5 Å². The molecule has 1 N–H and O–H groups in total. The van der Waals surface area contributed by atoms with Crippen molar-refractivity contribution in [2.75, 3.05) is 5.32 Å². The molecule has 0 unspecified atom stereocenters. The highest BCUT2D eigenvalue weighted by atomic mass is 19.2. The summed E-state index contributed by atoms with van der Waals surface area (Å²) in [6.07, 6.45) is 3.45. The Hall–Kier alpha value is -4.13. The van der Waals surface area contributed by atoms with Crippen LogP contribution in [0.2, 0.25) is 0 Å². The third-order valence-electron chi connectivity index (χ3n) is 5.20. The fourth-order valence-corrected chi connectivity index (χ4v) is 3.82. The number of anilines is 2. The largest absolute Gasteiger partial charge is 0.352 e. The van der Waals surface area contributed by atoms with Gasteiger partial charge in [-0.3, -0.25) is 9.98 Å². The van der Waals surface area contributed by atoms with Crippen molar-refractivity contribution in [3.63, 3.8) is 0 Å². The summed E-state index contributed by atoms with van der Waals surface area (Å²) >= 11 is 0. The number of benzene rings is 3. The van der Waals surface area contributed by atoms with Crippen LogP contribution in [0.15, 0.2) is 84.1 Å². The maximum absolute atomic E-state index is 14.2. The molecular weight excluding hydrogens is 420 g/mol. The van der Waals surface area contributed by atoms with Crippen molar-refractivity contribution in [3.8, 4) is 17.1 Å². The minimum Gasteiger partial charge on any atom is -0.352 e. The SMILES string of the molecule is CC(C)/N=c1\cc2n(-c3ccc(F)c(F)c3)c3ccccc3nc-2cc1Nc1cccnc1. The zero-order valence-electron chi connectivity index (χ0n) is 18.1. The van der Waals surface area contributed by atoms with Gasteiger partial charge < -0.3 is 9.88 Å². The Kier molecular flexibility index (Phi) is 5.30. The summed E-state index contributed by atoms with van der Waals surface area (Å²) in [5, 5.41) is 4.11. The molecule has 0 amide bonds. The molecule has 1 aliphatic carbocycles. The fraction of sp³-hybridized carbons (Fsp3) is 0.115. The first-order valence-electron chi connectivity index (χ1n) is 10.6. The molecule has 2 aliphatic rings. The van der Waals surface area contributed by atoms with Crippen molar-refractivity contribution in [3.05, 3.63) is 96.1 Å². The average Bonchev–Trinajstić information content (AvgIpc) is 2.80. The molecular formula is C26H21F2N5. The van der Waals surface area contributed by atoms with Gasteiger partial charge in [-0.05, 0) is 62.4 Å². The molecule has 0 bridgehead atoms. The van der Waals surface area contributed by atoms with Crippen molar-refractivity contribution in [1.29, 1.82) is 0 Å². The van der Waals surface area contributed by atoms with Crippen molar-refractivity contribution in [2.24, 2.45) is 4.99 Å². The minimum absolute atomic E-state index is 0.0435. The molecule has 0 radical (unpaired) electrons. The number of halogens is 2. The molecule has 7 heteroatoms. The molecule has 0 fully saturated rings. The average molecular weight is 441 g/mol. The molecule has 3 aromatic rings. The van der Waals surface area contributed by atoms with Crippen LogP contribution in [0, 0.1) is 11.6 Å². The first-order valence-corrected chi connectivity index (χ1v) is 10.6. The number of pyridine rings is 1. The van der Waals surface area contributed by atoms with Crippen LogP contribution in [0.4, 0.5) is 20.2 Å². The van der Waals surface area contributed by atoms with E-state index in [1.807, 2.05) is 66.9 Å². The molecule has 5 rings (SSSR count). The minimum atomic E-state index is -0.906. The third kappa shape index (κ3) is 4.05. The first kappa shape index (κ1) is 20.8. The van der Waals surface area contributed by atoms with Crippen LogP contribution in [0.25, 0.3) is 28.1 Å². The van der Waals surface area contributed by atoms with Gasteiger partial charge in [0.2, 0.25) is 0 Å². The Bertz CT molecular complexity index is 1490. The van der Waals surface area contributed by atoms with Crippen LogP contribution in [-0.4, -0.2) is 20.6 Å². The number of fused-ring (bicyclic) bond motifs is 2. The van der Waals surface area contributed by atoms with Crippen LogP contribution in [-0.2, 0) is 0 Å². The Labute approximate surface area is 189 Å². The molecule has 2 aromatic carbocycles. The van der Waals surface area contributed by atoms with E-state index in [1.165, 1.54) is 6.07 Å². The van der Waals surface area contributed by atoms with E-state index < -0.39 is 11.6 Å². The van der Waals surface area contributed by atoms with Crippen molar-refractivity contribution in [2.45, 2.75) is 19.9 Å². The van der Waals surface area contributed by atoms with E-state index in [0.29, 0.717) is 11.4 Å². The highest BCUT2D eigenvalue weighted by Gasteiger charge is 2.17. The second-order valence-electron chi connectivity index (χ2n) is 7.98. The standard InChI is InChI=1S/C26H21F2N5/c1-16(2)30-23-14-26-24(13-22(23)31-17-6-5-11-29-15-17)32-21-7-3-4-8-25(21)33(26)18-9-10-19(27)20(28)12-18/h3-16,31H,1-2H3/b30-23+. The highest BCUT2D eigenvalue weighted by molar-refractivity contribution is 5.84. The lowest BCUT2D eigenvalue weighted by atomic mass is 10.1. The van der Waals surface area contributed by atoms with E-state index in [0.717, 1.165) is 39.5 Å². The summed E-state index contributed by atoms with van der Waals surface area (Å²) in [6.45, 7) is 4.00. The van der Waals surface area contributed by atoms with Gasteiger partial charge in [0.1, 0.15) is 0 Å². The zero-order valence-corrected chi connectivity index (χ0v) is 18.1. The summed E-state index contributed by atoms with van der Waals surface area (Å²) in [7, 11) is 0. The van der Waals surface area contributed by atoms with Crippen molar-refractivity contribution < 1.29 is 8.78 Å². The second-order valence-corrected chi connectivity index (χ2v) is 7.98. The Balaban J connectivity index is 1.84. The topological polar surface area (TPSA) is 55.1 Å². The summed E-state index contributed by atoms with van der Waals surface area (Å²) < 4.78 is 29.8. The normalized spacial score (nSPS) is 12.1. The molecule has 0 spiro atoms. The number of hydrogen-bond donors (Lipinski definition) is 1. The Morgan fingerprint density at radius 3 is 2.55 bits per heavy atom. The van der Waals surface area contributed by atoms with Crippen LogP contribution in [0.1, 0.15) is 13.8 Å². The van der Waals surface area contributed by atoms with Gasteiger partial charge in [-0.25, -0.2) is 13.8 Å². The predicted molar refractivity (Wildman–Crippen MR) is 126 cm³/mol. The summed E-state index contributed by atoms with van der Waals surface area (Å²) in [6, 6.07) is 19.2. The zero-order chi connectivity index (χ0) is 22.9. The van der Waals surface area contributed by atoms with Gasteiger partial charge in [-0.15, -0.1) is 0 Å². The third-order valence-corrected chi connectivity index (χ3v) is 5.20. The maximum atomic E-state index is 14.2. The summed E-state index contributed by atoms with van der Waals surface area (Å²) in [4.78, 5) is 13.8. The molecule has 2 heterocycles. The summed E-state index contributed by atoms with van der Waals surface area (Å²) in [5.41, 5.74) is 5.04. The van der Waals surface area contributed by atoms with Gasteiger partial charge in [0.15, 0.2) is 11.6 Å². The second kappa shape index (κ2) is 8.43. The quantitative estimate of drug-likeness (QED) is 0.356. The van der Waals surface area contributed by atoms with Crippen molar-refractivity contribution >= 4 is 22.4 Å². The van der Waals surface area contributed by atoms with Gasteiger partial charge in [-0.2, -0.15) is 0 Å². The van der Waals surface area contributed by atoms with E-state index in [9.17, 15) is 8.78 Å². The van der Waals surface area contributed by atoms with E-state index in [2.05, 4.69) is 10.3 Å². The number of nitrogens with zero attached hydrogens (tertiary/aromatic N) is 4. The molecule has 0 atom stereocenters. The number of hydrogen-bond acceptors (Lipinski definition) is 4. The van der Waals surface area contributed by atoms with Crippen LogP contribution < -0.4 is 10.7 Å². The van der Waals surface area contributed by atoms with Gasteiger partial charge in [0.05, 0.1) is 45.4 Å².